The Morgan fingerprint density at radius 2 is 2.40 bits per heavy atom. The Kier molecular flexibility index (Phi) is 3.10. The molecule has 0 radical (unpaired) electrons. The Morgan fingerprint density at radius 1 is 1.67 bits per heavy atom. The molecule has 1 aromatic heterocycles. The first kappa shape index (κ1) is 10.3. The van der Waals surface area contributed by atoms with Gasteiger partial charge in [0.15, 0.2) is 0 Å². The second-order valence-corrected chi connectivity index (χ2v) is 4.46. The van der Waals surface area contributed by atoms with Crippen LogP contribution in [-0.2, 0) is 4.79 Å². The van der Waals surface area contributed by atoms with Crippen LogP contribution >= 0.6 is 11.8 Å². The predicted octanol–water partition coefficient (Wildman–Crippen LogP) is -0.395. The molecule has 0 unspecified atom stereocenters. The molecule has 1 amide bonds. The Hall–Kier alpha value is -1.24. The maximum Gasteiger partial charge on any atom is 0.305 e. The number of carbonyl (C=O) groups excluding carboxylic acids is 1. The van der Waals surface area contributed by atoms with Crippen molar-refractivity contribution in [3.8, 4) is 0 Å². The summed E-state index contributed by atoms with van der Waals surface area (Å²) in [6.45, 7) is 3.33. The first-order valence-electron chi connectivity index (χ1n) is 4.75. The molecule has 0 spiro atoms. The van der Waals surface area contributed by atoms with Crippen LogP contribution in [0.3, 0.4) is 0 Å². The van der Waals surface area contributed by atoms with Crippen LogP contribution < -0.4 is 15.1 Å². The van der Waals surface area contributed by atoms with Crippen LogP contribution in [0.5, 0.6) is 0 Å². The summed E-state index contributed by atoms with van der Waals surface area (Å²) in [6, 6.07) is 0. The molecule has 2 rings (SSSR count). The summed E-state index contributed by atoms with van der Waals surface area (Å²) in [5, 5.41) is 8.45. The standard InChI is InChI=1S/C8H12N4O2S/c1-7(13)9-8-6-12(10-14-8)11-2-4-15-5-3-11/h6H,2-5H2,1H3/p+1. The minimum Gasteiger partial charge on any atom is -0.289 e. The number of nitrogens with one attached hydrogen (secondary N) is 1. The van der Waals surface area contributed by atoms with Gasteiger partial charge in [-0.3, -0.25) is 14.6 Å². The van der Waals surface area contributed by atoms with Crippen molar-refractivity contribution in [3.63, 3.8) is 0 Å². The predicted molar refractivity (Wildman–Crippen MR) is 56.3 cm³/mol. The Morgan fingerprint density at radius 3 is 3.07 bits per heavy atom. The van der Waals surface area contributed by atoms with E-state index in [0.717, 1.165) is 24.6 Å². The molecule has 15 heavy (non-hydrogen) atoms. The number of hydrogen-bond donors (Lipinski definition) is 1. The van der Waals surface area contributed by atoms with Gasteiger partial charge < -0.3 is 0 Å². The van der Waals surface area contributed by atoms with Gasteiger partial charge in [0.2, 0.25) is 11.2 Å². The number of carbonyl (C=O) groups is 1. The molecule has 0 atom stereocenters. The monoisotopic (exact) mass is 229 g/mol. The van der Waals surface area contributed by atoms with Gasteiger partial charge in [-0.2, -0.15) is 16.8 Å². The third-order valence-corrected chi connectivity index (χ3v) is 2.97. The SMILES string of the molecule is CC(=O)Nc1c[n+](N2CCSCC2)no1. The number of rotatable bonds is 2. The molecule has 0 saturated carbocycles. The van der Waals surface area contributed by atoms with Crippen LogP contribution in [0.15, 0.2) is 10.7 Å². The zero-order valence-electron chi connectivity index (χ0n) is 8.47. The molecule has 1 fully saturated rings. The summed E-state index contributed by atoms with van der Waals surface area (Å²) < 4.78 is 4.96. The zero-order chi connectivity index (χ0) is 10.7. The minimum atomic E-state index is -0.160. The van der Waals surface area contributed by atoms with Gasteiger partial charge in [-0.1, -0.05) is 0 Å². The van der Waals surface area contributed by atoms with E-state index in [1.807, 2.05) is 11.8 Å². The molecule has 6 nitrogen and oxygen atoms in total. The highest BCUT2D eigenvalue weighted by Crippen LogP contribution is 2.06. The number of thioether (sulfide) groups is 1. The first-order valence-corrected chi connectivity index (χ1v) is 5.90. The van der Waals surface area contributed by atoms with Gasteiger partial charge in [-0.05, 0) is 0 Å². The number of nitrogens with zero attached hydrogens (tertiary/aromatic N) is 3. The molecule has 1 aromatic rings. The van der Waals surface area contributed by atoms with Crippen molar-refractivity contribution in [1.82, 2.24) is 5.27 Å². The number of amides is 1. The summed E-state index contributed by atoms with van der Waals surface area (Å²) in [7, 11) is 0. The van der Waals surface area contributed by atoms with E-state index in [9.17, 15) is 4.79 Å². The quantitative estimate of drug-likeness (QED) is 0.700. The van der Waals surface area contributed by atoms with Crippen molar-refractivity contribution in [2.45, 2.75) is 6.92 Å². The van der Waals surface area contributed by atoms with Gasteiger partial charge in [-0.15, -0.1) is 0 Å². The lowest BCUT2D eigenvalue weighted by molar-refractivity contribution is -0.757. The molecule has 1 aliphatic rings. The van der Waals surface area contributed by atoms with Gasteiger partial charge in [-0.25, -0.2) is 0 Å². The molecule has 82 valence electrons. The fraction of sp³-hybridized carbons (Fsp3) is 0.625. The van der Waals surface area contributed by atoms with Crippen LogP contribution in [0.25, 0.3) is 0 Å². The van der Waals surface area contributed by atoms with E-state index >= 15 is 0 Å². The lowest BCUT2D eigenvalue weighted by Crippen LogP contribution is -2.61. The highest BCUT2D eigenvalue weighted by atomic mass is 32.2. The van der Waals surface area contributed by atoms with Gasteiger partial charge in [0.05, 0.1) is 17.9 Å². The Balaban J connectivity index is 2.02. The summed E-state index contributed by atoms with van der Waals surface area (Å²) in [5.41, 5.74) is 0. The zero-order valence-corrected chi connectivity index (χ0v) is 9.29. The third-order valence-electron chi connectivity index (χ3n) is 2.03. The molecule has 1 saturated heterocycles. The highest BCUT2D eigenvalue weighted by molar-refractivity contribution is 7.99. The summed E-state index contributed by atoms with van der Waals surface area (Å²) in [4.78, 5) is 12.4. The Labute approximate surface area is 91.5 Å². The van der Waals surface area contributed by atoms with Crippen molar-refractivity contribution < 1.29 is 14.1 Å². The molecule has 0 bridgehead atoms. The van der Waals surface area contributed by atoms with E-state index in [1.54, 1.807) is 11.0 Å². The van der Waals surface area contributed by atoms with Crippen LogP contribution in [0.1, 0.15) is 6.92 Å². The van der Waals surface area contributed by atoms with Gasteiger partial charge in [0.25, 0.3) is 6.20 Å². The third kappa shape index (κ3) is 2.62. The second kappa shape index (κ2) is 4.52. The number of anilines is 1. The van der Waals surface area contributed by atoms with Gasteiger partial charge in [0, 0.05) is 18.4 Å². The molecular weight excluding hydrogens is 216 g/mol. The van der Waals surface area contributed by atoms with E-state index in [4.69, 9.17) is 4.52 Å². The van der Waals surface area contributed by atoms with E-state index in [2.05, 4.69) is 15.6 Å². The fourth-order valence-corrected chi connectivity index (χ4v) is 2.24. The number of aromatic nitrogens is 2. The molecular formula is C8H13N4O2S+. The maximum absolute atomic E-state index is 10.8. The van der Waals surface area contributed by atoms with E-state index in [-0.39, 0.29) is 5.91 Å². The molecule has 0 aliphatic carbocycles. The topological polar surface area (TPSA) is 62.3 Å². The first-order chi connectivity index (χ1) is 7.25. The molecule has 1 N–H and O–H groups in total. The van der Waals surface area contributed by atoms with Gasteiger partial charge in [0.1, 0.15) is 0 Å². The minimum absolute atomic E-state index is 0.160. The average molecular weight is 229 g/mol. The molecule has 1 aliphatic heterocycles. The van der Waals surface area contributed by atoms with Crippen molar-refractivity contribution in [3.05, 3.63) is 6.20 Å². The van der Waals surface area contributed by atoms with Crippen LogP contribution in [0.2, 0.25) is 0 Å². The maximum atomic E-state index is 10.8. The summed E-state index contributed by atoms with van der Waals surface area (Å²) >= 11 is 1.93. The lowest BCUT2D eigenvalue weighted by atomic mass is 10.6. The Bertz CT molecular complexity index is 348. The highest BCUT2D eigenvalue weighted by Gasteiger charge is 2.22. The fourth-order valence-electron chi connectivity index (χ4n) is 1.36. The normalized spacial score (nSPS) is 16.5. The van der Waals surface area contributed by atoms with Crippen molar-refractivity contribution in [2.75, 3.05) is 34.9 Å². The second-order valence-electron chi connectivity index (χ2n) is 3.23. The molecule has 7 heteroatoms. The van der Waals surface area contributed by atoms with E-state index in [1.165, 1.54) is 6.92 Å². The molecule has 0 aromatic carbocycles. The van der Waals surface area contributed by atoms with Crippen LogP contribution in [-0.4, -0.2) is 35.8 Å². The van der Waals surface area contributed by atoms with Crippen molar-refractivity contribution in [2.24, 2.45) is 0 Å². The van der Waals surface area contributed by atoms with Crippen molar-refractivity contribution in [1.29, 1.82) is 0 Å². The number of hydrogen-bond acceptors (Lipinski definition) is 5. The average Bonchev–Trinajstić information content (AvgIpc) is 2.67. The smallest absolute Gasteiger partial charge is 0.289 e. The largest absolute Gasteiger partial charge is 0.305 e. The summed E-state index contributed by atoms with van der Waals surface area (Å²) in [5.74, 6) is 2.40. The van der Waals surface area contributed by atoms with Crippen molar-refractivity contribution >= 4 is 23.6 Å². The van der Waals surface area contributed by atoms with Crippen LogP contribution in [0, 0.1) is 0 Å². The van der Waals surface area contributed by atoms with E-state index < -0.39 is 0 Å². The summed E-state index contributed by atoms with van der Waals surface area (Å²) in [6.07, 6.45) is 1.68. The van der Waals surface area contributed by atoms with Gasteiger partial charge >= 0.3 is 5.88 Å². The van der Waals surface area contributed by atoms with Crippen LogP contribution in [0.4, 0.5) is 5.88 Å². The van der Waals surface area contributed by atoms with E-state index in [0.29, 0.717) is 5.88 Å². The lowest BCUT2D eigenvalue weighted by Gasteiger charge is -2.17. The molecule has 2 heterocycles.